The van der Waals surface area contributed by atoms with Gasteiger partial charge in [-0.3, -0.25) is 9.78 Å². The molecular weight excluding hydrogens is 312 g/mol. The maximum Gasteiger partial charge on any atom is 0.251 e. The molecule has 0 saturated heterocycles. The standard InChI is InChI=1S/C21H28N2O2/c1-15-7-6-12-22-19(15)13-16(2)23-20(24)18-9-5-8-17(14-18)10-11-21(3,4)25/h5-9,12,14,16,25H,10-11,13H2,1-4H3,(H,23,24)/t16-/m1/s1. The van der Waals surface area contributed by atoms with Gasteiger partial charge in [0.25, 0.3) is 5.91 Å². The lowest BCUT2D eigenvalue weighted by Crippen LogP contribution is -2.34. The average molecular weight is 340 g/mol. The number of amides is 1. The summed E-state index contributed by atoms with van der Waals surface area (Å²) >= 11 is 0. The van der Waals surface area contributed by atoms with Crippen molar-refractivity contribution in [1.29, 1.82) is 0 Å². The molecule has 2 rings (SSSR count). The minimum atomic E-state index is -0.701. The fourth-order valence-electron chi connectivity index (χ4n) is 2.70. The van der Waals surface area contributed by atoms with Crippen LogP contribution in [-0.4, -0.2) is 27.6 Å². The first-order valence-electron chi connectivity index (χ1n) is 8.77. The van der Waals surface area contributed by atoms with Crippen molar-refractivity contribution < 1.29 is 9.90 Å². The summed E-state index contributed by atoms with van der Waals surface area (Å²) in [6.45, 7) is 7.61. The molecule has 0 radical (unpaired) electrons. The topological polar surface area (TPSA) is 62.2 Å². The Balaban J connectivity index is 1.97. The summed E-state index contributed by atoms with van der Waals surface area (Å²) < 4.78 is 0. The normalized spacial score (nSPS) is 12.7. The molecule has 0 aliphatic carbocycles. The van der Waals surface area contributed by atoms with E-state index in [1.54, 1.807) is 20.0 Å². The van der Waals surface area contributed by atoms with Gasteiger partial charge in [0.1, 0.15) is 0 Å². The SMILES string of the molecule is Cc1cccnc1C[C@@H](C)NC(=O)c1cccc(CCC(C)(C)O)c1. The van der Waals surface area contributed by atoms with Crippen LogP contribution in [0, 0.1) is 6.92 Å². The lowest BCUT2D eigenvalue weighted by atomic mass is 9.97. The van der Waals surface area contributed by atoms with Crippen LogP contribution in [0.2, 0.25) is 0 Å². The number of carbonyl (C=O) groups is 1. The number of hydrogen-bond donors (Lipinski definition) is 2. The molecule has 1 atom stereocenters. The Labute approximate surface area is 150 Å². The fourth-order valence-corrected chi connectivity index (χ4v) is 2.70. The largest absolute Gasteiger partial charge is 0.390 e. The number of nitrogens with zero attached hydrogens (tertiary/aromatic N) is 1. The van der Waals surface area contributed by atoms with Crippen LogP contribution >= 0.6 is 0 Å². The molecule has 2 aromatic rings. The fraction of sp³-hybridized carbons (Fsp3) is 0.429. The van der Waals surface area contributed by atoms with Crippen molar-refractivity contribution in [2.24, 2.45) is 0 Å². The third kappa shape index (κ3) is 6.31. The molecule has 1 aromatic carbocycles. The second-order valence-electron chi connectivity index (χ2n) is 7.36. The number of benzene rings is 1. The number of aliphatic hydroxyl groups is 1. The van der Waals surface area contributed by atoms with Crippen molar-refractivity contribution >= 4 is 5.91 Å². The van der Waals surface area contributed by atoms with Gasteiger partial charge in [0.2, 0.25) is 0 Å². The Hall–Kier alpha value is -2.20. The average Bonchev–Trinajstić information content (AvgIpc) is 2.55. The van der Waals surface area contributed by atoms with Gasteiger partial charge in [-0.05, 0) is 69.9 Å². The smallest absolute Gasteiger partial charge is 0.251 e. The van der Waals surface area contributed by atoms with E-state index in [2.05, 4.69) is 10.3 Å². The van der Waals surface area contributed by atoms with Gasteiger partial charge in [0.05, 0.1) is 5.60 Å². The molecule has 0 fully saturated rings. The Morgan fingerprint density at radius 3 is 2.72 bits per heavy atom. The second-order valence-corrected chi connectivity index (χ2v) is 7.36. The van der Waals surface area contributed by atoms with E-state index in [1.165, 1.54) is 0 Å². The van der Waals surface area contributed by atoms with Crippen LogP contribution in [-0.2, 0) is 12.8 Å². The first-order chi connectivity index (χ1) is 11.7. The molecule has 0 unspecified atom stereocenters. The summed E-state index contributed by atoms with van der Waals surface area (Å²) in [4.78, 5) is 16.9. The van der Waals surface area contributed by atoms with E-state index in [9.17, 15) is 9.90 Å². The molecule has 0 aliphatic rings. The zero-order chi connectivity index (χ0) is 18.4. The van der Waals surface area contributed by atoms with Gasteiger partial charge >= 0.3 is 0 Å². The summed E-state index contributed by atoms with van der Waals surface area (Å²) in [7, 11) is 0. The van der Waals surface area contributed by atoms with Crippen LogP contribution in [0.15, 0.2) is 42.6 Å². The van der Waals surface area contributed by atoms with Crippen LogP contribution in [0.5, 0.6) is 0 Å². The molecule has 4 heteroatoms. The van der Waals surface area contributed by atoms with Gasteiger partial charge in [0.15, 0.2) is 0 Å². The lowest BCUT2D eigenvalue weighted by molar-refractivity contribution is 0.0714. The van der Waals surface area contributed by atoms with Crippen LogP contribution in [0.1, 0.15) is 54.4 Å². The minimum absolute atomic E-state index is 0.00105. The number of hydrogen-bond acceptors (Lipinski definition) is 3. The maximum atomic E-state index is 12.5. The summed E-state index contributed by atoms with van der Waals surface area (Å²) in [5.41, 5.74) is 3.15. The number of rotatable bonds is 7. The van der Waals surface area contributed by atoms with Crippen molar-refractivity contribution in [1.82, 2.24) is 10.3 Å². The van der Waals surface area contributed by atoms with Crippen molar-refractivity contribution in [2.45, 2.75) is 58.6 Å². The van der Waals surface area contributed by atoms with Gasteiger partial charge < -0.3 is 10.4 Å². The highest BCUT2D eigenvalue weighted by Crippen LogP contribution is 2.15. The summed E-state index contributed by atoms with van der Waals surface area (Å²) in [6.07, 6.45) is 3.89. The molecular formula is C21H28N2O2. The third-order valence-corrected chi connectivity index (χ3v) is 4.21. The quantitative estimate of drug-likeness (QED) is 0.811. The van der Waals surface area contributed by atoms with Crippen molar-refractivity contribution in [3.8, 4) is 0 Å². The monoisotopic (exact) mass is 340 g/mol. The van der Waals surface area contributed by atoms with Crippen LogP contribution in [0.3, 0.4) is 0 Å². The Kier molecular flexibility index (Phi) is 6.32. The molecule has 0 aliphatic heterocycles. The molecule has 25 heavy (non-hydrogen) atoms. The summed E-state index contributed by atoms with van der Waals surface area (Å²) in [5, 5.41) is 12.9. The van der Waals surface area contributed by atoms with E-state index in [-0.39, 0.29) is 11.9 Å². The number of carbonyl (C=O) groups excluding carboxylic acids is 1. The molecule has 1 heterocycles. The molecule has 1 aromatic heterocycles. The van der Waals surface area contributed by atoms with Crippen molar-refractivity contribution in [3.05, 3.63) is 65.0 Å². The zero-order valence-corrected chi connectivity index (χ0v) is 15.5. The van der Waals surface area contributed by atoms with Gasteiger partial charge in [-0.15, -0.1) is 0 Å². The third-order valence-electron chi connectivity index (χ3n) is 4.21. The minimum Gasteiger partial charge on any atom is -0.390 e. The highest BCUT2D eigenvalue weighted by Gasteiger charge is 2.14. The molecule has 2 N–H and O–H groups in total. The van der Waals surface area contributed by atoms with E-state index in [0.717, 1.165) is 23.2 Å². The van der Waals surface area contributed by atoms with E-state index >= 15 is 0 Å². The number of aromatic nitrogens is 1. The molecule has 134 valence electrons. The maximum absolute atomic E-state index is 12.5. The number of aryl methyl sites for hydroxylation is 2. The second kappa shape index (κ2) is 8.26. The molecule has 0 saturated carbocycles. The molecule has 0 bridgehead atoms. The number of nitrogens with one attached hydrogen (secondary N) is 1. The first kappa shape index (κ1) is 19.1. The molecule has 4 nitrogen and oxygen atoms in total. The van der Waals surface area contributed by atoms with E-state index in [0.29, 0.717) is 18.4 Å². The zero-order valence-electron chi connectivity index (χ0n) is 15.5. The highest BCUT2D eigenvalue weighted by atomic mass is 16.3. The molecule has 1 amide bonds. The van der Waals surface area contributed by atoms with Crippen LogP contribution in [0.25, 0.3) is 0 Å². The van der Waals surface area contributed by atoms with E-state index in [4.69, 9.17) is 0 Å². The molecule has 0 spiro atoms. The van der Waals surface area contributed by atoms with Gasteiger partial charge in [0, 0.05) is 29.9 Å². The van der Waals surface area contributed by atoms with Gasteiger partial charge in [-0.1, -0.05) is 18.2 Å². The first-order valence-corrected chi connectivity index (χ1v) is 8.77. The predicted molar refractivity (Wildman–Crippen MR) is 101 cm³/mol. The Morgan fingerprint density at radius 1 is 1.28 bits per heavy atom. The van der Waals surface area contributed by atoms with Crippen LogP contribution in [0.4, 0.5) is 0 Å². The van der Waals surface area contributed by atoms with Gasteiger partial charge in [-0.2, -0.15) is 0 Å². The van der Waals surface area contributed by atoms with Gasteiger partial charge in [-0.25, -0.2) is 0 Å². The predicted octanol–water partition coefficient (Wildman–Crippen LogP) is 3.45. The van der Waals surface area contributed by atoms with E-state index in [1.807, 2.05) is 50.2 Å². The Bertz CT molecular complexity index is 720. The Morgan fingerprint density at radius 2 is 2.04 bits per heavy atom. The van der Waals surface area contributed by atoms with Crippen molar-refractivity contribution in [2.75, 3.05) is 0 Å². The summed E-state index contributed by atoms with van der Waals surface area (Å²) in [6, 6.07) is 11.6. The lowest BCUT2D eigenvalue weighted by Gasteiger charge is -2.17. The van der Waals surface area contributed by atoms with Crippen LogP contribution < -0.4 is 5.32 Å². The van der Waals surface area contributed by atoms with E-state index < -0.39 is 5.60 Å². The van der Waals surface area contributed by atoms with Crippen molar-refractivity contribution in [3.63, 3.8) is 0 Å². The number of pyridine rings is 1. The summed E-state index contributed by atoms with van der Waals surface area (Å²) in [5.74, 6) is -0.0776. The highest BCUT2D eigenvalue weighted by molar-refractivity contribution is 5.94.